The summed E-state index contributed by atoms with van der Waals surface area (Å²) in [7, 11) is 0. The van der Waals surface area contributed by atoms with Gasteiger partial charge in [0.05, 0.1) is 0 Å². The Morgan fingerprint density at radius 3 is 1.53 bits per heavy atom. The van der Waals surface area contributed by atoms with E-state index in [-0.39, 0.29) is 39.2 Å². The Morgan fingerprint density at radius 2 is 0.929 bits per heavy atom. The molecule has 0 bridgehead atoms. The minimum absolute atomic E-state index is 0.00976. The van der Waals surface area contributed by atoms with Gasteiger partial charge in [-0.25, -0.2) is 0 Å². The zero-order valence-corrected chi connectivity index (χ0v) is 44.8. The second kappa shape index (κ2) is 14.7. The van der Waals surface area contributed by atoms with E-state index < -0.39 is 0 Å². The van der Waals surface area contributed by atoms with Crippen molar-refractivity contribution < 1.29 is 0 Å². The van der Waals surface area contributed by atoms with E-state index in [1.807, 2.05) is 0 Å². The third-order valence-electron chi connectivity index (χ3n) is 18.5. The second-order valence-electron chi connectivity index (χ2n) is 26.4. The molecule has 0 saturated carbocycles. The predicted octanol–water partition coefficient (Wildman–Crippen LogP) is 16.4. The maximum atomic E-state index is 2.74. The fourth-order valence-corrected chi connectivity index (χ4v) is 14.1. The number of rotatable bonds is 3. The van der Waals surface area contributed by atoms with Gasteiger partial charge in [0.15, 0.2) is 0 Å². The van der Waals surface area contributed by atoms with Crippen molar-refractivity contribution in [3.8, 4) is 22.3 Å². The summed E-state index contributed by atoms with van der Waals surface area (Å²) in [4.78, 5) is 5.46. The molecular weight excluding hydrogens is 844 g/mol. The summed E-state index contributed by atoms with van der Waals surface area (Å²) >= 11 is 0. The molecule has 0 spiro atoms. The van der Waals surface area contributed by atoms with E-state index in [0.29, 0.717) is 0 Å². The minimum Gasteiger partial charge on any atom is -0.311 e. The fraction of sp³-hybridized carbons (Fsp3) is 0.373. The van der Waals surface area contributed by atoms with Gasteiger partial charge in [0.1, 0.15) is 0 Å². The maximum Gasteiger partial charge on any atom is 0.252 e. The molecule has 2 heterocycles. The number of nitrogens with zero attached hydrogens (tertiary/aromatic N) is 2. The Hall–Kier alpha value is -5.80. The molecule has 3 heteroatoms. The van der Waals surface area contributed by atoms with Crippen LogP contribution in [-0.2, 0) is 32.5 Å². The van der Waals surface area contributed by atoms with Crippen LogP contribution in [-0.4, -0.2) is 6.71 Å². The number of aryl methyl sites for hydroxylation is 2. The highest BCUT2D eigenvalue weighted by atomic mass is 15.2. The summed E-state index contributed by atoms with van der Waals surface area (Å²) in [5.74, 6) is 0. The van der Waals surface area contributed by atoms with Gasteiger partial charge in [-0.05, 0) is 192 Å². The standard InChI is InChI=1S/C67H73BN2/c1-40-33-44(62(3,4)5)25-27-53(40)69-56-39-51-49(64(8,9)30-32-66(51,12)13)37-52(56)68-60-57(69)35-43(42-21-17-16-18-22-42)36-58(60)70(55-38-50-48(34-41(55)2)63(6,7)29-31-65(50,10)11)54-28-26-46-45-23-19-20-24-47(45)67(14,15)59(46)61(54)68/h16-28,33-39H,29-32H2,1-15H3. The summed E-state index contributed by atoms with van der Waals surface area (Å²) in [5.41, 5.74) is 30.2. The monoisotopic (exact) mass is 917 g/mol. The molecule has 7 aromatic carbocycles. The normalized spacial score (nSPS) is 19.0. The molecular formula is C67H73BN2. The lowest BCUT2D eigenvalue weighted by Gasteiger charge is -2.49. The Balaban J connectivity index is 1.27. The van der Waals surface area contributed by atoms with Crippen molar-refractivity contribution in [2.75, 3.05) is 9.80 Å². The van der Waals surface area contributed by atoms with Crippen LogP contribution in [0.2, 0.25) is 0 Å². The molecule has 354 valence electrons. The van der Waals surface area contributed by atoms with Gasteiger partial charge in [-0.3, -0.25) is 0 Å². The van der Waals surface area contributed by atoms with E-state index in [9.17, 15) is 0 Å². The fourth-order valence-electron chi connectivity index (χ4n) is 14.1. The average molecular weight is 917 g/mol. The SMILES string of the molecule is Cc1cc(C(C)(C)C)ccc1N1c2cc3c(cc2B2c4c1cc(-c1ccccc1)cc4N(c1cc4c(cc1C)C(C)(C)CCC4(C)C)c1ccc4c(c12)C(C)(C)c1ccccc1-4)C(C)(C)CCC3(C)C. The quantitative estimate of drug-likeness (QED) is 0.163. The predicted molar refractivity (Wildman–Crippen MR) is 302 cm³/mol. The first-order chi connectivity index (χ1) is 32.9. The van der Waals surface area contributed by atoms with Crippen LogP contribution in [0.1, 0.15) is 166 Å². The first kappa shape index (κ1) is 45.4. The summed E-state index contributed by atoms with van der Waals surface area (Å²) in [6.45, 7) is 36.6. The van der Waals surface area contributed by atoms with Crippen LogP contribution in [0.3, 0.4) is 0 Å². The van der Waals surface area contributed by atoms with E-state index in [1.165, 1.54) is 149 Å². The summed E-state index contributed by atoms with van der Waals surface area (Å²) in [6, 6.07) is 48.5. The van der Waals surface area contributed by atoms with E-state index in [1.54, 1.807) is 0 Å². The van der Waals surface area contributed by atoms with Crippen LogP contribution in [0.15, 0.2) is 121 Å². The van der Waals surface area contributed by atoms with Gasteiger partial charge >= 0.3 is 0 Å². The topological polar surface area (TPSA) is 6.48 Å². The number of benzene rings is 7. The van der Waals surface area contributed by atoms with Crippen molar-refractivity contribution in [3.05, 3.63) is 171 Å². The summed E-state index contributed by atoms with van der Waals surface area (Å²) < 4.78 is 0. The second-order valence-corrected chi connectivity index (χ2v) is 26.4. The molecule has 2 aliphatic heterocycles. The van der Waals surface area contributed by atoms with Gasteiger partial charge in [-0.2, -0.15) is 0 Å². The van der Waals surface area contributed by atoms with E-state index in [2.05, 4.69) is 235 Å². The molecule has 0 aromatic heterocycles. The molecule has 12 rings (SSSR count). The molecule has 2 nitrogen and oxygen atoms in total. The van der Waals surface area contributed by atoms with Crippen LogP contribution < -0.4 is 26.2 Å². The smallest absolute Gasteiger partial charge is 0.252 e. The van der Waals surface area contributed by atoms with Gasteiger partial charge < -0.3 is 9.80 Å². The van der Waals surface area contributed by atoms with Gasteiger partial charge in [-0.1, -0.05) is 175 Å². The van der Waals surface area contributed by atoms with Crippen molar-refractivity contribution in [2.45, 2.75) is 162 Å². The zero-order chi connectivity index (χ0) is 49.4. The van der Waals surface area contributed by atoms with Crippen LogP contribution in [0.4, 0.5) is 34.1 Å². The highest BCUT2D eigenvalue weighted by Crippen LogP contribution is 2.56. The van der Waals surface area contributed by atoms with Crippen LogP contribution in [0.25, 0.3) is 22.3 Å². The van der Waals surface area contributed by atoms with Crippen LogP contribution >= 0.6 is 0 Å². The first-order valence-electron chi connectivity index (χ1n) is 26.5. The highest BCUT2D eigenvalue weighted by Gasteiger charge is 2.51. The largest absolute Gasteiger partial charge is 0.311 e. The van der Waals surface area contributed by atoms with E-state index in [0.717, 1.165) is 0 Å². The Bertz CT molecular complexity index is 3350. The molecule has 0 fully saturated rings. The number of fused-ring (bicyclic) bond motifs is 10. The van der Waals surface area contributed by atoms with Crippen LogP contribution in [0.5, 0.6) is 0 Å². The first-order valence-corrected chi connectivity index (χ1v) is 26.5. The van der Waals surface area contributed by atoms with Gasteiger partial charge in [-0.15, -0.1) is 0 Å². The summed E-state index contributed by atoms with van der Waals surface area (Å²) in [6.07, 6.45) is 4.70. The molecule has 70 heavy (non-hydrogen) atoms. The lowest BCUT2D eigenvalue weighted by molar-refractivity contribution is 0.332. The molecule has 3 aliphatic carbocycles. The molecule has 0 saturated heterocycles. The number of hydrogen-bond donors (Lipinski definition) is 0. The number of anilines is 6. The summed E-state index contributed by atoms with van der Waals surface area (Å²) in [5, 5.41) is 0. The molecule has 0 amide bonds. The Morgan fingerprint density at radius 1 is 0.414 bits per heavy atom. The van der Waals surface area contributed by atoms with E-state index >= 15 is 0 Å². The molecule has 0 N–H and O–H groups in total. The minimum atomic E-state index is -0.229. The lowest BCUT2D eigenvalue weighted by atomic mass is 9.31. The molecule has 0 radical (unpaired) electrons. The third kappa shape index (κ3) is 6.37. The zero-order valence-electron chi connectivity index (χ0n) is 44.8. The average Bonchev–Trinajstić information content (AvgIpc) is 3.55. The van der Waals surface area contributed by atoms with Crippen LogP contribution in [0, 0.1) is 13.8 Å². The van der Waals surface area contributed by atoms with E-state index in [4.69, 9.17) is 0 Å². The molecule has 5 aliphatic rings. The maximum absolute atomic E-state index is 2.74. The Labute approximate surface area is 420 Å². The highest BCUT2D eigenvalue weighted by molar-refractivity contribution is 7.00. The molecule has 7 aromatic rings. The van der Waals surface area contributed by atoms with Crippen molar-refractivity contribution in [1.29, 1.82) is 0 Å². The van der Waals surface area contributed by atoms with Gasteiger partial charge in [0.25, 0.3) is 6.71 Å². The van der Waals surface area contributed by atoms with Crippen molar-refractivity contribution in [1.82, 2.24) is 0 Å². The third-order valence-corrected chi connectivity index (χ3v) is 18.5. The van der Waals surface area contributed by atoms with Gasteiger partial charge in [0, 0.05) is 39.5 Å². The molecule has 0 atom stereocenters. The van der Waals surface area contributed by atoms with Gasteiger partial charge in [0.2, 0.25) is 0 Å². The van der Waals surface area contributed by atoms with Crippen molar-refractivity contribution >= 4 is 57.2 Å². The van der Waals surface area contributed by atoms with Crippen molar-refractivity contribution in [2.24, 2.45) is 0 Å². The number of hydrogen-bond acceptors (Lipinski definition) is 2. The molecule has 0 unspecified atom stereocenters. The lowest BCUT2D eigenvalue weighted by Crippen LogP contribution is -2.63. The Kier molecular flexibility index (Phi) is 9.49. The van der Waals surface area contributed by atoms with Crippen molar-refractivity contribution in [3.63, 3.8) is 0 Å².